The molecule has 0 saturated heterocycles. The fourth-order valence-electron chi connectivity index (χ4n) is 4.47. The number of fused-ring (bicyclic) bond motifs is 2. The molecule has 5 rings (SSSR count). The summed E-state index contributed by atoms with van der Waals surface area (Å²) in [5, 5.41) is 5.94. The normalized spacial score (nSPS) is 13.1. The number of hydrogen-bond acceptors (Lipinski definition) is 6. The molecular weight excluding hydrogens is 484 g/mol. The van der Waals surface area contributed by atoms with Crippen LogP contribution >= 0.6 is 0 Å². The second kappa shape index (κ2) is 11.0. The minimum Gasteiger partial charge on any atom is -0.497 e. The van der Waals surface area contributed by atoms with Gasteiger partial charge in [0.05, 0.1) is 24.4 Å². The van der Waals surface area contributed by atoms with Crippen LogP contribution in [0.4, 0.5) is 4.79 Å². The number of pyridine rings is 1. The lowest BCUT2D eigenvalue weighted by atomic mass is 10.1. The Hall–Kier alpha value is -4.92. The standard InChI is InChI=1S/C29H26N4O5/c1-37-24-13-9-21-15-33(28(35)25(21)14-24)16-27(32-29(36)30-18-34)20-7-11-23(12-8-20)38-17-22-10-6-19-4-2-3-5-26(19)31-22/h2-14,18,27H,15-17H2,1H3,(H2,30,32,34,36)/t27-/m0/s1. The predicted octanol–water partition coefficient (Wildman–Crippen LogP) is 3.98. The fourth-order valence-corrected chi connectivity index (χ4v) is 4.47. The Bertz CT molecular complexity index is 1490. The zero-order valence-corrected chi connectivity index (χ0v) is 20.7. The van der Waals surface area contributed by atoms with E-state index in [0.717, 1.165) is 27.7 Å². The number of urea groups is 1. The second-order valence-corrected chi connectivity index (χ2v) is 8.85. The summed E-state index contributed by atoms with van der Waals surface area (Å²) in [5.74, 6) is 1.09. The molecule has 3 aromatic carbocycles. The largest absolute Gasteiger partial charge is 0.497 e. The van der Waals surface area contributed by atoms with Crippen molar-refractivity contribution in [2.24, 2.45) is 0 Å². The third-order valence-corrected chi connectivity index (χ3v) is 6.42. The van der Waals surface area contributed by atoms with Crippen LogP contribution < -0.4 is 20.1 Å². The van der Waals surface area contributed by atoms with Crippen molar-refractivity contribution in [3.63, 3.8) is 0 Å². The Balaban J connectivity index is 1.29. The minimum atomic E-state index is -0.654. The summed E-state index contributed by atoms with van der Waals surface area (Å²) >= 11 is 0. The highest BCUT2D eigenvalue weighted by Crippen LogP contribution is 2.29. The van der Waals surface area contributed by atoms with Crippen molar-refractivity contribution in [2.75, 3.05) is 13.7 Å². The predicted molar refractivity (Wildman–Crippen MR) is 141 cm³/mol. The Labute approximate surface area is 219 Å². The van der Waals surface area contributed by atoms with Gasteiger partial charge in [-0.3, -0.25) is 14.9 Å². The molecule has 9 heteroatoms. The van der Waals surface area contributed by atoms with Crippen molar-refractivity contribution in [1.29, 1.82) is 0 Å². The molecule has 192 valence electrons. The van der Waals surface area contributed by atoms with Crippen molar-refractivity contribution in [2.45, 2.75) is 19.2 Å². The van der Waals surface area contributed by atoms with E-state index in [2.05, 4.69) is 15.6 Å². The molecule has 2 heterocycles. The molecule has 0 unspecified atom stereocenters. The fraction of sp³-hybridized carbons (Fsp3) is 0.172. The van der Waals surface area contributed by atoms with Crippen molar-refractivity contribution < 1.29 is 23.9 Å². The number of amides is 4. The van der Waals surface area contributed by atoms with Crippen LogP contribution in [0.25, 0.3) is 10.9 Å². The highest BCUT2D eigenvalue weighted by Gasteiger charge is 2.30. The average molecular weight is 511 g/mol. The van der Waals surface area contributed by atoms with Crippen LogP contribution in [0.3, 0.4) is 0 Å². The van der Waals surface area contributed by atoms with E-state index in [1.54, 1.807) is 30.2 Å². The van der Waals surface area contributed by atoms with Crippen LogP contribution in [0.15, 0.2) is 78.9 Å². The zero-order chi connectivity index (χ0) is 26.5. The topological polar surface area (TPSA) is 110 Å². The van der Waals surface area contributed by atoms with Gasteiger partial charge in [0.2, 0.25) is 6.41 Å². The van der Waals surface area contributed by atoms with E-state index in [9.17, 15) is 14.4 Å². The number of benzene rings is 3. The van der Waals surface area contributed by atoms with Gasteiger partial charge in [0.15, 0.2) is 0 Å². The maximum atomic E-state index is 13.1. The minimum absolute atomic E-state index is 0.149. The van der Waals surface area contributed by atoms with Gasteiger partial charge in [-0.2, -0.15) is 0 Å². The number of imide groups is 1. The van der Waals surface area contributed by atoms with E-state index in [4.69, 9.17) is 9.47 Å². The van der Waals surface area contributed by atoms with Crippen LogP contribution in [0.2, 0.25) is 0 Å². The molecule has 1 aliphatic rings. The molecule has 0 bridgehead atoms. The number of nitrogens with zero attached hydrogens (tertiary/aromatic N) is 2. The Kier molecular flexibility index (Phi) is 7.17. The molecule has 2 N–H and O–H groups in total. The first kappa shape index (κ1) is 24.8. The molecule has 0 aliphatic carbocycles. The highest BCUT2D eigenvalue weighted by atomic mass is 16.5. The maximum absolute atomic E-state index is 13.1. The van der Waals surface area contributed by atoms with Gasteiger partial charge in [-0.15, -0.1) is 0 Å². The van der Waals surface area contributed by atoms with Gasteiger partial charge in [0, 0.05) is 24.0 Å². The van der Waals surface area contributed by atoms with Crippen LogP contribution in [0.5, 0.6) is 11.5 Å². The van der Waals surface area contributed by atoms with Crippen molar-refractivity contribution in [1.82, 2.24) is 20.5 Å². The Morgan fingerprint density at radius 3 is 2.63 bits per heavy atom. The number of para-hydroxylation sites is 1. The summed E-state index contributed by atoms with van der Waals surface area (Å²) in [6.07, 6.45) is 0.313. The van der Waals surface area contributed by atoms with E-state index in [1.165, 1.54) is 0 Å². The van der Waals surface area contributed by atoms with Crippen molar-refractivity contribution >= 4 is 29.3 Å². The van der Waals surface area contributed by atoms with E-state index in [-0.39, 0.29) is 12.5 Å². The molecule has 9 nitrogen and oxygen atoms in total. The van der Waals surface area contributed by atoms with Crippen molar-refractivity contribution in [3.05, 3.63) is 101 Å². The number of ether oxygens (including phenoxy) is 2. The van der Waals surface area contributed by atoms with Crippen LogP contribution in [-0.2, 0) is 17.9 Å². The summed E-state index contributed by atoms with van der Waals surface area (Å²) < 4.78 is 11.2. The van der Waals surface area contributed by atoms with Gasteiger partial charge in [-0.05, 0) is 47.5 Å². The Morgan fingerprint density at radius 1 is 1.05 bits per heavy atom. The number of nitrogens with one attached hydrogen (secondary N) is 2. The van der Waals surface area contributed by atoms with Crippen LogP contribution in [0, 0.1) is 0 Å². The summed E-state index contributed by atoms with van der Waals surface area (Å²) in [6.45, 7) is 0.923. The van der Waals surface area contributed by atoms with Gasteiger partial charge in [0.25, 0.3) is 5.91 Å². The van der Waals surface area contributed by atoms with Crippen molar-refractivity contribution in [3.8, 4) is 11.5 Å². The molecular formula is C29H26N4O5. The summed E-state index contributed by atoms with van der Waals surface area (Å²) in [7, 11) is 1.55. The maximum Gasteiger partial charge on any atom is 0.321 e. The molecule has 4 aromatic rings. The smallest absolute Gasteiger partial charge is 0.321 e. The first-order chi connectivity index (χ1) is 18.5. The highest BCUT2D eigenvalue weighted by molar-refractivity contribution is 5.98. The molecule has 1 aromatic heterocycles. The molecule has 0 spiro atoms. The average Bonchev–Trinajstić information content (AvgIpc) is 3.26. The van der Waals surface area contributed by atoms with Gasteiger partial charge < -0.3 is 19.7 Å². The number of hydrogen-bond donors (Lipinski definition) is 2. The van der Waals surface area contributed by atoms with Gasteiger partial charge in [-0.25, -0.2) is 9.78 Å². The van der Waals surface area contributed by atoms with Gasteiger partial charge >= 0.3 is 6.03 Å². The third kappa shape index (κ3) is 5.41. The first-order valence-corrected chi connectivity index (χ1v) is 12.1. The van der Waals surface area contributed by atoms with E-state index >= 15 is 0 Å². The van der Waals surface area contributed by atoms with Crippen LogP contribution in [-0.4, -0.2) is 41.9 Å². The third-order valence-electron chi connectivity index (χ3n) is 6.42. The monoisotopic (exact) mass is 510 g/mol. The van der Waals surface area contributed by atoms with E-state index in [0.29, 0.717) is 36.6 Å². The number of carbonyl (C=O) groups excluding carboxylic acids is 3. The second-order valence-electron chi connectivity index (χ2n) is 8.85. The lowest BCUT2D eigenvalue weighted by molar-refractivity contribution is -0.108. The number of aromatic nitrogens is 1. The van der Waals surface area contributed by atoms with Crippen LogP contribution in [0.1, 0.15) is 33.2 Å². The van der Waals surface area contributed by atoms with E-state index < -0.39 is 12.1 Å². The number of methoxy groups -OCH3 is 1. The lowest BCUT2D eigenvalue weighted by Gasteiger charge is -2.25. The first-order valence-electron chi connectivity index (χ1n) is 12.1. The molecule has 4 amide bonds. The van der Waals surface area contributed by atoms with Gasteiger partial charge in [0.1, 0.15) is 18.1 Å². The zero-order valence-electron chi connectivity index (χ0n) is 20.7. The lowest BCUT2D eigenvalue weighted by Crippen LogP contribution is -2.42. The molecule has 0 saturated carbocycles. The molecule has 38 heavy (non-hydrogen) atoms. The molecule has 0 fully saturated rings. The summed E-state index contributed by atoms with van der Waals surface area (Å²) in [4.78, 5) is 42.3. The van der Waals surface area contributed by atoms with Gasteiger partial charge in [-0.1, -0.05) is 42.5 Å². The number of rotatable bonds is 9. The molecule has 1 atom stereocenters. The number of carbonyl (C=O) groups is 3. The summed E-state index contributed by atoms with van der Waals surface area (Å²) in [5.41, 5.74) is 3.93. The summed E-state index contributed by atoms with van der Waals surface area (Å²) in [6, 6.07) is 23.3. The SMILES string of the molecule is COc1ccc2c(c1)C(=O)N(C[C@H](NC(=O)NC=O)c1ccc(OCc3ccc4ccccc4n3)cc1)C2. The molecule has 1 aliphatic heterocycles. The Morgan fingerprint density at radius 2 is 1.84 bits per heavy atom. The van der Waals surface area contributed by atoms with E-state index in [1.807, 2.05) is 60.7 Å². The quantitative estimate of drug-likeness (QED) is 0.330. The molecule has 0 radical (unpaired) electrons.